The molecule has 21 heavy (non-hydrogen) atoms. The summed E-state index contributed by atoms with van der Waals surface area (Å²) in [4.78, 5) is 18.1. The Morgan fingerprint density at radius 1 is 1.48 bits per heavy atom. The van der Waals surface area contributed by atoms with Crippen molar-refractivity contribution in [3.05, 3.63) is 18.3 Å². The van der Waals surface area contributed by atoms with E-state index in [1.807, 2.05) is 6.07 Å². The first-order chi connectivity index (χ1) is 10.2. The molecule has 5 nitrogen and oxygen atoms in total. The molecule has 0 saturated carbocycles. The van der Waals surface area contributed by atoms with Gasteiger partial charge < -0.3 is 9.47 Å². The molecule has 0 spiro atoms. The normalized spacial score (nSPS) is 15.7. The van der Waals surface area contributed by atoms with Gasteiger partial charge in [-0.3, -0.25) is 9.69 Å². The van der Waals surface area contributed by atoms with E-state index in [-0.39, 0.29) is 5.91 Å². The molecule has 1 aromatic rings. The molecule has 1 aromatic heterocycles. The lowest BCUT2D eigenvalue weighted by Crippen LogP contribution is -2.27. The van der Waals surface area contributed by atoms with E-state index in [4.69, 9.17) is 9.47 Å². The molecule has 1 fully saturated rings. The quantitative estimate of drug-likeness (QED) is 0.809. The van der Waals surface area contributed by atoms with Gasteiger partial charge in [0.2, 0.25) is 5.91 Å². The van der Waals surface area contributed by atoms with Gasteiger partial charge in [-0.15, -0.1) is 0 Å². The number of ether oxygens (including phenoxy) is 2. The van der Waals surface area contributed by atoms with E-state index in [1.165, 1.54) is 0 Å². The number of methoxy groups -OCH3 is 1. The second-order valence-corrected chi connectivity index (χ2v) is 5.43. The second-order valence-electron chi connectivity index (χ2n) is 5.43. The number of hydrogen-bond acceptors (Lipinski definition) is 4. The minimum absolute atomic E-state index is 0.0825. The van der Waals surface area contributed by atoms with E-state index in [2.05, 4.69) is 4.98 Å². The average Bonchev–Trinajstić information content (AvgIpc) is 2.55. The standard InChI is InChI=1S/C16H24N2O3/c1-18(16-14(20-2)6-4-10-17-16)15(19)7-3-5-13-8-11-21-12-9-13/h4,6,10,13H,3,5,7-9,11-12H2,1-2H3. The Morgan fingerprint density at radius 3 is 2.95 bits per heavy atom. The molecule has 0 unspecified atom stereocenters. The molecule has 2 rings (SSSR count). The molecule has 0 bridgehead atoms. The fourth-order valence-electron chi connectivity index (χ4n) is 2.66. The first-order valence-corrected chi connectivity index (χ1v) is 7.55. The maximum absolute atomic E-state index is 12.3. The van der Waals surface area contributed by atoms with Gasteiger partial charge in [0.05, 0.1) is 7.11 Å². The fraction of sp³-hybridized carbons (Fsp3) is 0.625. The lowest BCUT2D eigenvalue weighted by atomic mass is 9.94. The Morgan fingerprint density at radius 2 is 2.24 bits per heavy atom. The van der Waals surface area contributed by atoms with Crippen LogP contribution in [0.5, 0.6) is 5.75 Å². The van der Waals surface area contributed by atoms with Gasteiger partial charge in [-0.25, -0.2) is 4.98 Å². The molecule has 0 radical (unpaired) electrons. The summed E-state index contributed by atoms with van der Waals surface area (Å²) in [7, 11) is 3.34. The van der Waals surface area contributed by atoms with Gasteiger partial charge in [-0.05, 0) is 43.7 Å². The van der Waals surface area contributed by atoms with Crippen LogP contribution in [-0.4, -0.2) is 38.3 Å². The SMILES string of the molecule is COc1cccnc1N(C)C(=O)CCCC1CCOCC1. The Bertz CT molecular complexity index is 459. The van der Waals surface area contributed by atoms with Crippen LogP contribution in [0.3, 0.4) is 0 Å². The van der Waals surface area contributed by atoms with E-state index in [1.54, 1.807) is 31.3 Å². The van der Waals surface area contributed by atoms with Crippen molar-refractivity contribution in [2.45, 2.75) is 32.1 Å². The summed E-state index contributed by atoms with van der Waals surface area (Å²) in [6, 6.07) is 3.61. The van der Waals surface area contributed by atoms with Gasteiger partial charge in [-0.1, -0.05) is 0 Å². The molecule has 1 aliphatic rings. The molecule has 5 heteroatoms. The summed E-state index contributed by atoms with van der Waals surface area (Å²) in [5, 5.41) is 0. The van der Waals surface area contributed by atoms with Gasteiger partial charge in [-0.2, -0.15) is 0 Å². The summed E-state index contributed by atoms with van der Waals surface area (Å²) in [6.07, 6.45) is 6.48. The maximum atomic E-state index is 12.3. The molecule has 1 saturated heterocycles. The zero-order chi connectivity index (χ0) is 15.1. The summed E-state index contributed by atoms with van der Waals surface area (Å²) in [5.74, 6) is 1.99. The second kappa shape index (κ2) is 7.98. The molecular weight excluding hydrogens is 268 g/mol. The highest BCUT2D eigenvalue weighted by atomic mass is 16.5. The third-order valence-corrected chi connectivity index (χ3v) is 4.01. The van der Waals surface area contributed by atoms with Crippen molar-refractivity contribution in [3.8, 4) is 5.75 Å². The first kappa shape index (κ1) is 15.8. The summed E-state index contributed by atoms with van der Waals surface area (Å²) >= 11 is 0. The number of carbonyl (C=O) groups is 1. The smallest absolute Gasteiger partial charge is 0.227 e. The van der Waals surface area contributed by atoms with E-state index in [0.29, 0.717) is 23.9 Å². The van der Waals surface area contributed by atoms with Crippen LogP contribution < -0.4 is 9.64 Å². The highest BCUT2D eigenvalue weighted by molar-refractivity contribution is 5.93. The van der Waals surface area contributed by atoms with Crippen molar-refractivity contribution >= 4 is 11.7 Å². The molecule has 2 heterocycles. The molecule has 1 amide bonds. The average molecular weight is 292 g/mol. The van der Waals surface area contributed by atoms with Crippen molar-refractivity contribution in [1.29, 1.82) is 0 Å². The zero-order valence-corrected chi connectivity index (χ0v) is 12.9. The van der Waals surface area contributed by atoms with Crippen LogP contribution in [0, 0.1) is 5.92 Å². The molecule has 0 aliphatic carbocycles. The van der Waals surface area contributed by atoms with Crippen LogP contribution in [0.2, 0.25) is 0 Å². The van der Waals surface area contributed by atoms with Crippen LogP contribution in [0.1, 0.15) is 32.1 Å². The zero-order valence-electron chi connectivity index (χ0n) is 12.9. The number of anilines is 1. The molecule has 116 valence electrons. The summed E-state index contributed by atoms with van der Waals surface area (Å²) in [5.41, 5.74) is 0. The van der Waals surface area contributed by atoms with Gasteiger partial charge in [0, 0.05) is 32.9 Å². The molecule has 0 atom stereocenters. The summed E-state index contributed by atoms with van der Waals surface area (Å²) in [6.45, 7) is 1.73. The number of rotatable bonds is 6. The lowest BCUT2D eigenvalue weighted by Gasteiger charge is -2.22. The van der Waals surface area contributed by atoms with Crippen LogP contribution in [0.4, 0.5) is 5.82 Å². The number of hydrogen-bond donors (Lipinski definition) is 0. The Kier molecular flexibility index (Phi) is 5.99. The van der Waals surface area contributed by atoms with E-state index in [0.717, 1.165) is 38.9 Å². The monoisotopic (exact) mass is 292 g/mol. The largest absolute Gasteiger partial charge is 0.493 e. The molecule has 1 aliphatic heterocycles. The molecule has 0 aromatic carbocycles. The minimum atomic E-state index is 0.0825. The van der Waals surface area contributed by atoms with Crippen LogP contribution in [-0.2, 0) is 9.53 Å². The van der Waals surface area contributed by atoms with Crippen molar-refractivity contribution in [2.75, 3.05) is 32.3 Å². The highest BCUT2D eigenvalue weighted by Gasteiger charge is 2.18. The summed E-state index contributed by atoms with van der Waals surface area (Å²) < 4.78 is 10.6. The minimum Gasteiger partial charge on any atom is -0.493 e. The van der Waals surface area contributed by atoms with Crippen LogP contribution in [0.15, 0.2) is 18.3 Å². The number of nitrogens with zero attached hydrogens (tertiary/aromatic N) is 2. The lowest BCUT2D eigenvalue weighted by molar-refractivity contribution is -0.118. The third-order valence-electron chi connectivity index (χ3n) is 4.01. The third kappa shape index (κ3) is 4.43. The number of amides is 1. The van der Waals surface area contributed by atoms with Gasteiger partial charge in [0.1, 0.15) is 0 Å². The number of aromatic nitrogens is 1. The Hall–Kier alpha value is -1.62. The Labute approximate surface area is 126 Å². The van der Waals surface area contributed by atoms with Crippen molar-refractivity contribution < 1.29 is 14.3 Å². The fourth-order valence-corrected chi connectivity index (χ4v) is 2.66. The van der Waals surface area contributed by atoms with E-state index >= 15 is 0 Å². The van der Waals surface area contributed by atoms with Crippen molar-refractivity contribution in [2.24, 2.45) is 5.92 Å². The van der Waals surface area contributed by atoms with Crippen LogP contribution in [0.25, 0.3) is 0 Å². The predicted molar refractivity (Wildman–Crippen MR) is 81.6 cm³/mol. The highest BCUT2D eigenvalue weighted by Crippen LogP contribution is 2.25. The molecule has 0 N–H and O–H groups in total. The van der Waals surface area contributed by atoms with Crippen LogP contribution >= 0.6 is 0 Å². The topological polar surface area (TPSA) is 51.7 Å². The number of pyridine rings is 1. The van der Waals surface area contributed by atoms with Crippen molar-refractivity contribution in [1.82, 2.24) is 4.98 Å². The van der Waals surface area contributed by atoms with Gasteiger partial charge in [0.15, 0.2) is 11.6 Å². The van der Waals surface area contributed by atoms with Gasteiger partial charge >= 0.3 is 0 Å². The van der Waals surface area contributed by atoms with E-state index in [9.17, 15) is 4.79 Å². The van der Waals surface area contributed by atoms with E-state index < -0.39 is 0 Å². The first-order valence-electron chi connectivity index (χ1n) is 7.55. The van der Waals surface area contributed by atoms with Crippen molar-refractivity contribution in [3.63, 3.8) is 0 Å². The Balaban J connectivity index is 1.82. The predicted octanol–water partition coefficient (Wildman–Crippen LogP) is 2.65. The number of carbonyl (C=O) groups excluding carboxylic acids is 1. The molecular formula is C16H24N2O3. The maximum Gasteiger partial charge on any atom is 0.227 e. The van der Waals surface area contributed by atoms with Gasteiger partial charge in [0.25, 0.3) is 0 Å².